The van der Waals surface area contributed by atoms with E-state index in [2.05, 4.69) is 5.32 Å². The zero-order valence-corrected chi connectivity index (χ0v) is 13.9. The number of imide groups is 1. The van der Waals surface area contributed by atoms with Gasteiger partial charge >= 0.3 is 0 Å². The number of halogens is 2. The van der Waals surface area contributed by atoms with Crippen molar-refractivity contribution in [3.05, 3.63) is 58.1 Å². The number of benzene rings is 2. The van der Waals surface area contributed by atoms with Crippen molar-refractivity contribution < 1.29 is 14.4 Å². The molecule has 5 nitrogen and oxygen atoms in total. The summed E-state index contributed by atoms with van der Waals surface area (Å²) in [5, 5.41) is 3.28. The summed E-state index contributed by atoms with van der Waals surface area (Å²) < 4.78 is 0. The van der Waals surface area contributed by atoms with Gasteiger partial charge in [-0.3, -0.25) is 19.3 Å². The standard InChI is InChI=1S/C17H12Cl2N2O3/c18-12-2-1-3-13(16(12)19)20-17(24)10-4-6-11(7-5-10)21-14(22)8-9-15(21)23/h1-7H,8-9H2,(H,20,24). The van der Waals surface area contributed by atoms with Crippen molar-refractivity contribution in [3.8, 4) is 0 Å². The average Bonchev–Trinajstić information content (AvgIpc) is 2.91. The van der Waals surface area contributed by atoms with E-state index < -0.39 is 0 Å². The van der Waals surface area contributed by atoms with E-state index in [-0.39, 0.29) is 35.6 Å². The molecule has 3 rings (SSSR count). The van der Waals surface area contributed by atoms with Crippen LogP contribution in [0.2, 0.25) is 10.0 Å². The summed E-state index contributed by atoms with van der Waals surface area (Å²) in [7, 11) is 0. The fourth-order valence-electron chi connectivity index (χ4n) is 2.42. The van der Waals surface area contributed by atoms with Crippen molar-refractivity contribution >= 4 is 52.3 Å². The van der Waals surface area contributed by atoms with Crippen LogP contribution in [0.15, 0.2) is 42.5 Å². The van der Waals surface area contributed by atoms with Crippen LogP contribution < -0.4 is 10.2 Å². The van der Waals surface area contributed by atoms with E-state index >= 15 is 0 Å². The summed E-state index contributed by atoms with van der Waals surface area (Å²) in [5.41, 5.74) is 1.23. The third-order valence-corrected chi connectivity index (χ3v) is 4.46. The Kier molecular flexibility index (Phi) is 4.55. The van der Waals surface area contributed by atoms with Gasteiger partial charge in [0.15, 0.2) is 0 Å². The minimum atomic E-state index is -0.371. The van der Waals surface area contributed by atoms with Gasteiger partial charge in [-0.25, -0.2) is 0 Å². The van der Waals surface area contributed by atoms with Gasteiger partial charge < -0.3 is 5.32 Å². The van der Waals surface area contributed by atoms with Crippen LogP contribution in [-0.4, -0.2) is 17.7 Å². The van der Waals surface area contributed by atoms with Gasteiger partial charge in [0.1, 0.15) is 0 Å². The average molecular weight is 363 g/mol. The summed E-state index contributed by atoms with van der Waals surface area (Å²) >= 11 is 12.0. The molecule has 0 aromatic heterocycles. The number of nitrogens with zero attached hydrogens (tertiary/aromatic N) is 1. The van der Waals surface area contributed by atoms with Crippen LogP contribution in [0.5, 0.6) is 0 Å². The first-order valence-corrected chi connectivity index (χ1v) is 7.94. The lowest BCUT2D eigenvalue weighted by Gasteiger charge is -2.14. The Balaban J connectivity index is 1.78. The Hall–Kier alpha value is -2.37. The van der Waals surface area contributed by atoms with Crippen molar-refractivity contribution in [1.29, 1.82) is 0 Å². The van der Waals surface area contributed by atoms with Crippen LogP contribution in [0.3, 0.4) is 0 Å². The molecular weight excluding hydrogens is 351 g/mol. The first kappa shape index (κ1) is 16.5. The Morgan fingerprint density at radius 3 is 2.21 bits per heavy atom. The first-order valence-electron chi connectivity index (χ1n) is 7.18. The summed E-state index contributed by atoms with van der Waals surface area (Å²) in [6, 6.07) is 11.2. The second kappa shape index (κ2) is 6.63. The molecule has 1 aliphatic rings. The van der Waals surface area contributed by atoms with Crippen LogP contribution in [-0.2, 0) is 9.59 Å². The number of rotatable bonds is 3. The van der Waals surface area contributed by atoms with Gasteiger partial charge in [-0.15, -0.1) is 0 Å². The number of carbonyl (C=O) groups excluding carboxylic acids is 3. The summed E-state index contributed by atoms with van der Waals surface area (Å²) in [5.74, 6) is -0.837. The fraction of sp³-hybridized carbons (Fsp3) is 0.118. The summed E-state index contributed by atoms with van der Waals surface area (Å²) in [4.78, 5) is 36.8. The second-order valence-corrected chi connectivity index (χ2v) is 6.01. The molecule has 0 saturated carbocycles. The maximum atomic E-state index is 12.3. The molecule has 1 fully saturated rings. The molecule has 1 saturated heterocycles. The summed E-state index contributed by atoms with van der Waals surface area (Å²) in [6.07, 6.45) is 0.433. The van der Waals surface area contributed by atoms with E-state index in [0.717, 1.165) is 4.90 Å². The monoisotopic (exact) mass is 362 g/mol. The van der Waals surface area contributed by atoms with E-state index in [1.54, 1.807) is 42.5 Å². The van der Waals surface area contributed by atoms with E-state index in [1.165, 1.54) is 0 Å². The van der Waals surface area contributed by atoms with Gasteiger partial charge in [0.2, 0.25) is 11.8 Å². The topological polar surface area (TPSA) is 66.5 Å². The molecule has 0 spiro atoms. The normalized spacial score (nSPS) is 14.2. The van der Waals surface area contributed by atoms with Crippen molar-refractivity contribution in [2.24, 2.45) is 0 Å². The third kappa shape index (κ3) is 3.13. The predicted octanol–water partition coefficient (Wildman–Crippen LogP) is 3.90. The van der Waals surface area contributed by atoms with E-state index in [1.807, 2.05) is 0 Å². The second-order valence-electron chi connectivity index (χ2n) is 5.23. The van der Waals surface area contributed by atoms with E-state index in [0.29, 0.717) is 22.0 Å². The molecular formula is C17H12Cl2N2O3. The fourth-order valence-corrected chi connectivity index (χ4v) is 2.77. The molecule has 1 N–H and O–H groups in total. The highest BCUT2D eigenvalue weighted by Gasteiger charge is 2.30. The van der Waals surface area contributed by atoms with Crippen molar-refractivity contribution in [2.45, 2.75) is 12.8 Å². The van der Waals surface area contributed by atoms with Gasteiger partial charge in [-0.05, 0) is 36.4 Å². The molecule has 2 aromatic rings. The van der Waals surface area contributed by atoms with Crippen molar-refractivity contribution in [1.82, 2.24) is 0 Å². The quantitative estimate of drug-likeness (QED) is 0.842. The van der Waals surface area contributed by atoms with Gasteiger partial charge in [0, 0.05) is 18.4 Å². The van der Waals surface area contributed by atoms with Gasteiger partial charge in [-0.2, -0.15) is 0 Å². The molecule has 3 amide bonds. The van der Waals surface area contributed by atoms with Crippen LogP contribution in [0.4, 0.5) is 11.4 Å². The predicted molar refractivity (Wildman–Crippen MR) is 92.6 cm³/mol. The number of hydrogen-bond acceptors (Lipinski definition) is 3. The van der Waals surface area contributed by atoms with Gasteiger partial charge in [0.25, 0.3) is 5.91 Å². The highest BCUT2D eigenvalue weighted by molar-refractivity contribution is 6.44. The lowest BCUT2D eigenvalue weighted by atomic mass is 10.1. The highest BCUT2D eigenvalue weighted by atomic mass is 35.5. The molecule has 0 aliphatic carbocycles. The minimum absolute atomic E-state index is 0.217. The molecule has 0 unspecified atom stereocenters. The van der Waals surface area contributed by atoms with Crippen molar-refractivity contribution in [2.75, 3.05) is 10.2 Å². The summed E-state index contributed by atoms with van der Waals surface area (Å²) in [6.45, 7) is 0. The smallest absolute Gasteiger partial charge is 0.255 e. The molecule has 1 aliphatic heterocycles. The van der Waals surface area contributed by atoms with Crippen LogP contribution in [0.25, 0.3) is 0 Å². The van der Waals surface area contributed by atoms with Crippen LogP contribution in [0.1, 0.15) is 23.2 Å². The Bertz CT molecular complexity index is 818. The maximum Gasteiger partial charge on any atom is 0.255 e. The number of amides is 3. The van der Waals surface area contributed by atoms with Gasteiger partial charge in [-0.1, -0.05) is 29.3 Å². The Labute approximate surface area is 148 Å². The molecule has 1 heterocycles. The maximum absolute atomic E-state index is 12.3. The van der Waals surface area contributed by atoms with Crippen LogP contribution in [0, 0.1) is 0 Å². The SMILES string of the molecule is O=C(Nc1cccc(Cl)c1Cl)c1ccc(N2C(=O)CCC2=O)cc1. The lowest BCUT2D eigenvalue weighted by molar-refractivity contribution is -0.121. The number of anilines is 2. The van der Waals surface area contributed by atoms with Gasteiger partial charge in [0.05, 0.1) is 21.4 Å². The zero-order chi connectivity index (χ0) is 17.3. The number of carbonyl (C=O) groups is 3. The third-order valence-electron chi connectivity index (χ3n) is 3.64. The molecule has 0 atom stereocenters. The Morgan fingerprint density at radius 1 is 0.958 bits per heavy atom. The molecule has 7 heteroatoms. The molecule has 0 bridgehead atoms. The van der Waals surface area contributed by atoms with E-state index in [4.69, 9.17) is 23.2 Å². The highest BCUT2D eigenvalue weighted by Crippen LogP contribution is 2.30. The molecule has 122 valence electrons. The Morgan fingerprint density at radius 2 is 1.58 bits per heavy atom. The molecule has 2 aromatic carbocycles. The number of nitrogens with one attached hydrogen (secondary N) is 1. The molecule has 0 radical (unpaired) electrons. The first-order chi connectivity index (χ1) is 11.5. The molecule has 24 heavy (non-hydrogen) atoms. The van der Waals surface area contributed by atoms with E-state index in [9.17, 15) is 14.4 Å². The largest absolute Gasteiger partial charge is 0.321 e. The van der Waals surface area contributed by atoms with Crippen LogP contribution >= 0.6 is 23.2 Å². The number of hydrogen-bond donors (Lipinski definition) is 1. The lowest BCUT2D eigenvalue weighted by Crippen LogP contribution is -2.28. The van der Waals surface area contributed by atoms with Crippen molar-refractivity contribution in [3.63, 3.8) is 0 Å². The zero-order valence-electron chi connectivity index (χ0n) is 12.4. The minimum Gasteiger partial charge on any atom is -0.321 e.